The molecule has 0 unspecified atom stereocenters. The van der Waals surface area contributed by atoms with Crippen LogP contribution in [0.25, 0.3) is 0 Å². The molecule has 0 amide bonds. The van der Waals surface area contributed by atoms with Crippen molar-refractivity contribution in [1.82, 2.24) is 0 Å². The van der Waals surface area contributed by atoms with E-state index in [1.165, 1.54) is 30.3 Å². The third kappa shape index (κ3) is 4.42. The number of aliphatic hydroxyl groups excluding tert-OH is 1. The molecule has 0 spiro atoms. The van der Waals surface area contributed by atoms with Crippen LogP contribution in [0.3, 0.4) is 0 Å². The van der Waals surface area contributed by atoms with Crippen molar-refractivity contribution >= 4 is 11.4 Å². The lowest BCUT2D eigenvalue weighted by Crippen LogP contribution is -2.26. The van der Waals surface area contributed by atoms with Crippen molar-refractivity contribution in [2.75, 3.05) is 18.5 Å². The van der Waals surface area contributed by atoms with E-state index in [2.05, 4.69) is 5.32 Å². The van der Waals surface area contributed by atoms with E-state index in [9.17, 15) is 19.6 Å². The normalized spacial score (nSPS) is 11.7. The van der Waals surface area contributed by atoms with Crippen molar-refractivity contribution in [3.05, 3.63) is 64.5 Å². The second kappa shape index (κ2) is 7.37. The molecule has 0 heterocycles. The average Bonchev–Trinajstić information content (AvgIpc) is 2.52. The summed E-state index contributed by atoms with van der Waals surface area (Å²) in [5.41, 5.74) is 0.266. The summed E-state index contributed by atoms with van der Waals surface area (Å²) in [5, 5.41) is 23.5. The molecule has 7 heteroatoms. The highest BCUT2D eigenvalue weighted by atomic mass is 19.1. The molecule has 0 aliphatic rings. The maximum Gasteiger partial charge on any atom is 0.292 e. The van der Waals surface area contributed by atoms with Gasteiger partial charge in [0.2, 0.25) is 0 Å². The zero-order valence-corrected chi connectivity index (χ0v) is 11.6. The van der Waals surface area contributed by atoms with Gasteiger partial charge in [-0.25, -0.2) is 4.39 Å². The van der Waals surface area contributed by atoms with E-state index in [1.807, 2.05) is 0 Å². The number of anilines is 1. The zero-order valence-electron chi connectivity index (χ0n) is 11.6. The Hall–Kier alpha value is -2.67. The van der Waals surface area contributed by atoms with Crippen LogP contribution >= 0.6 is 0 Å². The van der Waals surface area contributed by atoms with Crippen molar-refractivity contribution in [3.63, 3.8) is 0 Å². The van der Waals surface area contributed by atoms with Crippen molar-refractivity contribution in [1.29, 1.82) is 0 Å². The fourth-order valence-electron chi connectivity index (χ4n) is 1.79. The van der Waals surface area contributed by atoms with Crippen LogP contribution in [0, 0.1) is 15.9 Å². The Kier molecular flexibility index (Phi) is 5.26. The molecule has 2 aromatic carbocycles. The van der Waals surface area contributed by atoms with E-state index < -0.39 is 11.0 Å². The summed E-state index contributed by atoms with van der Waals surface area (Å²) in [5.74, 6) is 0.0668. The molecule has 1 atom stereocenters. The zero-order chi connectivity index (χ0) is 15.9. The van der Waals surface area contributed by atoms with E-state index in [4.69, 9.17) is 4.74 Å². The molecule has 2 N–H and O–H groups in total. The molecule has 0 fully saturated rings. The minimum atomic E-state index is -0.870. The molecule has 0 aliphatic heterocycles. The number of nitrogens with one attached hydrogen (secondary N) is 1. The highest BCUT2D eigenvalue weighted by Crippen LogP contribution is 2.22. The number of aliphatic hydroxyl groups is 1. The number of nitro groups is 1. The van der Waals surface area contributed by atoms with Gasteiger partial charge in [-0.3, -0.25) is 10.1 Å². The van der Waals surface area contributed by atoms with Crippen LogP contribution in [0.2, 0.25) is 0 Å². The van der Waals surface area contributed by atoms with Crippen LogP contribution < -0.4 is 10.1 Å². The number of nitrogens with zero attached hydrogens (tertiary/aromatic N) is 1. The predicted octanol–water partition coefficient (Wildman–Crippen LogP) is 2.59. The quantitative estimate of drug-likeness (QED) is 0.606. The number of halogens is 1. The van der Waals surface area contributed by atoms with Crippen LogP contribution in [-0.4, -0.2) is 29.3 Å². The number of hydrogen-bond acceptors (Lipinski definition) is 5. The summed E-state index contributed by atoms with van der Waals surface area (Å²) in [6.07, 6.45) is -0.870. The van der Waals surface area contributed by atoms with Gasteiger partial charge in [0.1, 0.15) is 30.0 Å². The standard InChI is InChI=1S/C15H15FN2O4/c16-11-5-7-13(8-6-11)22-10-12(19)9-17-14-3-1-2-4-15(14)18(20)21/h1-8,12,17,19H,9-10H2/t12-/m1/s1. The number of rotatable bonds is 7. The van der Waals surface area contributed by atoms with Gasteiger partial charge < -0.3 is 15.2 Å². The lowest BCUT2D eigenvalue weighted by atomic mass is 10.2. The smallest absolute Gasteiger partial charge is 0.292 e. The molecule has 0 aromatic heterocycles. The third-order valence-electron chi connectivity index (χ3n) is 2.88. The summed E-state index contributed by atoms with van der Waals surface area (Å²) in [7, 11) is 0. The molecular weight excluding hydrogens is 291 g/mol. The molecule has 0 saturated heterocycles. The van der Waals surface area contributed by atoms with Crippen LogP contribution in [0.5, 0.6) is 5.75 Å². The molecule has 0 aliphatic carbocycles. The van der Waals surface area contributed by atoms with Crippen molar-refractivity contribution in [2.24, 2.45) is 0 Å². The fourth-order valence-corrected chi connectivity index (χ4v) is 1.79. The molecule has 0 radical (unpaired) electrons. The third-order valence-corrected chi connectivity index (χ3v) is 2.88. The lowest BCUT2D eigenvalue weighted by molar-refractivity contribution is -0.384. The van der Waals surface area contributed by atoms with Crippen molar-refractivity contribution in [2.45, 2.75) is 6.10 Å². The Morgan fingerprint density at radius 2 is 1.91 bits per heavy atom. The molecule has 0 saturated carbocycles. The Labute approximate surface area is 126 Å². The monoisotopic (exact) mass is 306 g/mol. The molecule has 116 valence electrons. The predicted molar refractivity (Wildman–Crippen MR) is 79.5 cm³/mol. The summed E-state index contributed by atoms with van der Waals surface area (Å²) in [4.78, 5) is 10.4. The fraction of sp³-hybridized carbons (Fsp3) is 0.200. The first-order chi connectivity index (χ1) is 10.6. The van der Waals surface area contributed by atoms with Crippen molar-refractivity contribution in [3.8, 4) is 5.75 Å². The van der Waals surface area contributed by atoms with Gasteiger partial charge in [0.15, 0.2) is 0 Å². The molecule has 0 bridgehead atoms. The Bertz CT molecular complexity index is 634. The summed E-state index contributed by atoms with van der Waals surface area (Å²) < 4.78 is 18.0. The maximum atomic E-state index is 12.7. The van der Waals surface area contributed by atoms with Gasteiger partial charge in [-0.2, -0.15) is 0 Å². The maximum absolute atomic E-state index is 12.7. The number of nitro benzene ring substituents is 1. The topological polar surface area (TPSA) is 84.6 Å². The first kappa shape index (κ1) is 15.7. The highest BCUT2D eigenvalue weighted by Gasteiger charge is 2.13. The molecule has 2 aromatic rings. The SMILES string of the molecule is O=[N+]([O-])c1ccccc1NC[C@@H](O)COc1ccc(F)cc1. The van der Waals surface area contributed by atoms with Gasteiger partial charge in [0.25, 0.3) is 5.69 Å². The number of hydrogen-bond donors (Lipinski definition) is 2. The lowest BCUT2D eigenvalue weighted by Gasteiger charge is -2.14. The molecule has 22 heavy (non-hydrogen) atoms. The summed E-state index contributed by atoms with van der Waals surface area (Å²) >= 11 is 0. The van der Waals surface area contributed by atoms with E-state index in [0.29, 0.717) is 11.4 Å². The number of benzene rings is 2. The van der Waals surface area contributed by atoms with E-state index >= 15 is 0 Å². The minimum Gasteiger partial charge on any atom is -0.491 e. The molecule has 2 rings (SSSR count). The van der Waals surface area contributed by atoms with Gasteiger partial charge in [-0.1, -0.05) is 12.1 Å². The first-order valence-electron chi connectivity index (χ1n) is 6.60. The highest BCUT2D eigenvalue weighted by molar-refractivity contribution is 5.61. The Balaban J connectivity index is 1.84. The van der Waals surface area contributed by atoms with E-state index in [0.717, 1.165) is 0 Å². The van der Waals surface area contributed by atoms with Gasteiger partial charge >= 0.3 is 0 Å². The van der Waals surface area contributed by atoms with E-state index in [1.54, 1.807) is 18.2 Å². The largest absolute Gasteiger partial charge is 0.491 e. The van der Waals surface area contributed by atoms with Crippen molar-refractivity contribution < 1.29 is 19.2 Å². The molecular formula is C15H15FN2O4. The summed E-state index contributed by atoms with van der Waals surface area (Å²) in [6, 6.07) is 11.6. The van der Waals surface area contributed by atoms with Gasteiger partial charge in [0.05, 0.1) is 4.92 Å². The second-order valence-corrected chi connectivity index (χ2v) is 4.57. The van der Waals surface area contributed by atoms with Crippen LogP contribution in [0.1, 0.15) is 0 Å². The molecule has 6 nitrogen and oxygen atoms in total. The Morgan fingerprint density at radius 3 is 2.59 bits per heavy atom. The van der Waals surface area contributed by atoms with Crippen LogP contribution in [-0.2, 0) is 0 Å². The van der Waals surface area contributed by atoms with E-state index in [-0.39, 0.29) is 24.7 Å². The van der Waals surface area contributed by atoms with Gasteiger partial charge in [0, 0.05) is 12.6 Å². The van der Waals surface area contributed by atoms with Crippen LogP contribution in [0.15, 0.2) is 48.5 Å². The van der Waals surface area contributed by atoms with Gasteiger partial charge in [-0.15, -0.1) is 0 Å². The number of ether oxygens (including phenoxy) is 1. The van der Waals surface area contributed by atoms with Crippen LogP contribution in [0.4, 0.5) is 15.8 Å². The number of para-hydroxylation sites is 2. The average molecular weight is 306 g/mol. The van der Waals surface area contributed by atoms with Gasteiger partial charge in [-0.05, 0) is 30.3 Å². The second-order valence-electron chi connectivity index (χ2n) is 4.57. The summed E-state index contributed by atoms with van der Waals surface area (Å²) in [6.45, 7) is 0.0747. The Morgan fingerprint density at radius 1 is 1.23 bits per heavy atom. The minimum absolute atomic E-state index is 0.0146. The first-order valence-corrected chi connectivity index (χ1v) is 6.60.